The minimum absolute atomic E-state index is 0.270. The molecule has 0 radical (unpaired) electrons. The molecule has 0 aliphatic rings. The third-order valence-corrected chi connectivity index (χ3v) is 2.83. The molecule has 0 heterocycles. The third-order valence-electron chi connectivity index (χ3n) is 1.91. The summed E-state index contributed by atoms with van der Waals surface area (Å²) in [5.41, 5.74) is 0.529. The van der Waals surface area contributed by atoms with E-state index in [0.717, 1.165) is 0 Å². The van der Waals surface area contributed by atoms with Crippen LogP contribution in [0.3, 0.4) is 0 Å². The Kier molecular flexibility index (Phi) is 4.51. The maximum Gasteiger partial charge on any atom is 0.173 e. The van der Waals surface area contributed by atoms with Crippen LogP contribution in [0.15, 0.2) is 24.3 Å². The Balaban J connectivity index is 2.88. The minimum atomic E-state index is -0.494. The second kappa shape index (κ2) is 5.44. The highest BCUT2D eigenvalue weighted by molar-refractivity contribution is 9.09. The molecule has 78 valence electrons. The molecular formula is C10H12BrFO2. The van der Waals surface area contributed by atoms with Gasteiger partial charge >= 0.3 is 0 Å². The normalized spacial score (nSPS) is 13.2. The Hall–Kier alpha value is -0.450. The van der Waals surface area contributed by atoms with E-state index in [1.807, 2.05) is 0 Å². The van der Waals surface area contributed by atoms with Crippen molar-refractivity contribution in [1.29, 1.82) is 0 Å². The molecule has 1 aromatic carbocycles. The van der Waals surface area contributed by atoms with Crippen molar-refractivity contribution in [2.75, 3.05) is 14.2 Å². The number of methoxy groups -OCH3 is 2. The Labute approximate surface area is 91.2 Å². The predicted octanol–water partition coefficient (Wildman–Crippen LogP) is 2.88. The first kappa shape index (κ1) is 11.6. The van der Waals surface area contributed by atoms with Gasteiger partial charge in [0, 0.05) is 19.8 Å². The quantitative estimate of drug-likeness (QED) is 0.614. The van der Waals surface area contributed by atoms with E-state index in [1.54, 1.807) is 18.2 Å². The number of halogens is 2. The molecule has 1 aromatic rings. The van der Waals surface area contributed by atoms with Gasteiger partial charge in [-0.2, -0.15) is 0 Å². The van der Waals surface area contributed by atoms with E-state index >= 15 is 0 Å². The van der Waals surface area contributed by atoms with Gasteiger partial charge in [-0.15, -0.1) is 0 Å². The molecule has 0 aromatic heterocycles. The predicted molar refractivity (Wildman–Crippen MR) is 55.9 cm³/mol. The lowest BCUT2D eigenvalue weighted by molar-refractivity contribution is -0.101. The lowest BCUT2D eigenvalue weighted by Gasteiger charge is -2.20. The summed E-state index contributed by atoms with van der Waals surface area (Å²) >= 11 is 3.33. The second-order valence-corrected chi connectivity index (χ2v) is 3.75. The maximum atomic E-state index is 13.3. The Bertz CT molecular complexity index is 289. The largest absolute Gasteiger partial charge is 0.354 e. The average molecular weight is 263 g/mol. The zero-order chi connectivity index (χ0) is 10.6. The van der Waals surface area contributed by atoms with Crippen molar-refractivity contribution in [3.63, 3.8) is 0 Å². The fourth-order valence-electron chi connectivity index (χ4n) is 1.18. The van der Waals surface area contributed by atoms with Gasteiger partial charge in [0.05, 0.1) is 4.83 Å². The highest BCUT2D eigenvalue weighted by atomic mass is 79.9. The highest BCUT2D eigenvalue weighted by Gasteiger charge is 2.22. The Morgan fingerprint density at radius 3 is 2.29 bits per heavy atom. The van der Waals surface area contributed by atoms with E-state index < -0.39 is 6.29 Å². The van der Waals surface area contributed by atoms with Crippen molar-refractivity contribution >= 4 is 15.9 Å². The van der Waals surface area contributed by atoms with Crippen molar-refractivity contribution in [2.24, 2.45) is 0 Å². The van der Waals surface area contributed by atoms with Crippen LogP contribution >= 0.6 is 15.9 Å². The van der Waals surface area contributed by atoms with Gasteiger partial charge in [-0.05, 0) is 6.07 Å². The summed E-state index contributed by atoms with van der Waals surface area (Å²) < 4.78 is 23.4. The molecular weight excluding hydrogens is 251 g/mol. The van der Waals surface area contributed by atoms with Gasteiger partial charge in [-0.25, -0.2) is 4.39 Å². The van der Waals surface area contributed by atoms with Crippen LogP contribution in [0.25, 0.3) is 0 Å². The zero-order valence-electron chi connectivity index (χ0n) is 8.04. The van der Waals surface area contributed by atoms with Crippen molar-refractivity contribution < 1.29 is 13.9 Å². The summed E-state index contributed by atoms with van der Waals surface area (Å²) in [6.07, 6.45) is -0.494. The number of benzene rings is 1. The molecule has 1 atom stereocenters. The summed E-state index contributed by atoms with van der Waals surface area (Å²) in [5, 5.41) is 0. The molecule has 1 unspecified atom stereocenters. The van der Waals surface area contributed by atoms with Crippen LogP contribution in [0, 0.1) is 5.82 Å². The molecule has 14 heavy (non-hydrogen) atoms. The van der Waals surface area contributed by atoms with Crippen LogP contribution in [0.1, 0.15) is 10.4 Å². The van der Waals surface area contributed by atoms with Gasteiger partial charge in [0.15, 0.2) is 6.29 Å². The monoisotopic (exact) mass is 262 g/mol. The van der Waals surface area contributed by atoms with E-state index in [0.29, 0.717) is 5.56 Å². The van der Waals surface area contributed by atoms with Gasteiger partial charge in [0.2, 0.25) is 0 Å². The molecule has 1 rings (SSSR count). The second-order valence-electron chi connectivity index (χ2n) is 2.76. The van der Waals surface area contributed by atoms with E-state index in [4.69, 9.17) is 9.47 Å². The summed E-state index contributed by atoms with van der Waals surface area (Å²) in [6, 6.07) is 6.52. The number of ether oxygens (including phenoxy) is 2. The molecule has 0 spiro atoms. The molecule has 2 nitrogen and oxygen atoms in total. The first-order chi connectivity index (χ1) is 6.70. The first-order valence-electron chi connectivity index (χ1n) is 4.14. The lowest BCUT2D eigenvalue weighted by atomic mass is 10.1. The molecule has 4 heteroatoms. The van der Waals surface area contributed by atoms with Crippen molar-refractivity contribution in [2.45, 2.75) is 11.1 Å². The summed E-state index contributed by atoms with van der Waals surface area (Å²) in [4.78, 5) is -0.307. The van der Waals surface area contributed by atoms with Crippen LogP contribution < -0.4 is 0 Å². The van der Waals surface area contributed by atoms with Crippen molar-refractivity contribution in [3.8, 4) is 0 Å². The number of alkyl halides is 1. The fraction of sp³-hybridized carbons (Fsp3) is 0.400. The summed E-state index contributed by atoms with van der Waals surface area (Å²) in [7, 11) is 3.03. The molecule has 0 fully saturated rings. The third kappa shape index (κ3) is 2.53. The Morgan fingerprint density at radius 1 is 1.21 bits per heavy atom. The van der Waals surface area contributed by atoms with Gasteiger partial charge < -0.3 is 9.47 Å². The lowest BCUT2D eigenvalue weighted by Crippen LogP contribution is -2.19. The van der Waals surface area contributed by atoms with Crippen LogP contribution in [0.4, 0.5) is 4.39 Å². The number of hydrogen-bond acceptors (Lipinski definition) is 2. The standard InChI is InChI=1S/C10H12BrFO2/c1-13-10(14-2)9(11)7-5-3-4-6-8(7)12/h3-6,9-10H,1-2H3. The van der Waals surface area contributed by atoms with Gasteiger partial charge in [0.1, 0.15) is 5.82 Å². The molecule has 0 aliphatic heterocycles. The van der Waals surface area contributed by atoms with Crippen LogP contribution in [-0.2, 0) is 9.47 Å². The van der Waals surface area contributed by atoms with Crippen molar-refractivity contribution in [1.82, 2.24) is 0 Å². The van der Waals surface area contributed by atoms with Crippen LogP contribution in [0.2, 0.25) is 0 Å². The van der Waals surface area contributed by atoms with Gasteiger partial charge in [-0.3, -0.25) is 0 Å². The molecule has 0 amide bonds. The number of hydrogen-bond donors (Lipinski definition) is 0. The molecule has 0 saturated carbocycles. The highest BCUT2D eigenvalue weighted by Crippen LogP contribution is 2.30. The van der Waals surface area contributed by atoms with Gasteiger partial charge in [-0.1, -0.05) is 34.1 Å². The summed E-state index contributed by atoms with van der Waals surface area (Å²) in [6.45, 7) is 0. The van der Waals surface area contributed by atoms with Gasteiger partial charge in [0.25, 0.3) is 0 Å². The molecule has 0 N–H and O–H groups in total. The number of rotatable bonds is 4. The SMILES string of the molecule is COC(OC)C(Br)c1ccccc1F. The van der Waals surface area contributed by atoms with E-state index in [1.165, 1.54) is 20.3 Å². The van der Waals surface area contributed by atoms with E-state index in [9.17, 15) is 4.39 Å². The van der Waals surface area contributed by atoms with Crippen molar-refractivity contribution in [3.05, 3.63) is 35.6 Å². The fourth-order valence-corrected chi connectivity index (χ4v) is 1.98. The molecule has 0 bridgehead atoms. The Morgan fingerprint density at radius 2 is 1.79 bits per heavy atom. The zero-order valence-corrected chi connectivity index (χ0v) is 9.62. The van der Waals surface area contributed by atoms with E-state index in [2.05, 4.69) is 15.9 Å². The first-order valence-corrected chi connectivity index (χ1v) is 5.06. The molecule has 0 aliphatic carbocycles. The van der Waals surface area contributed by atoms with Crippen LogP contribution in [-0.4, -0.2) is 20.5 Å². The van der Waals surface area contributed by atoms with E-state index in [-0.39, 0.29) is 10.6 Å². The average Bonchev–Trinajstić information content (AvgIpc) is 2.20. The maximum absolute atomic E-state index is 13.3. The topological polar surface area (TPSA) is 18.5 Å². The smallest absolute Gasteiger partial charge is 0.173 e. The van der Waals surface area contributed by atoms with Crippen LogP contribution in [0.5, 0.6) is 0 Å². The summed E-state index contributed by atoms with van der Waals surface area (Å²) in [5.74, 6) is -0.270. The minimum Gasteiger partial charge on any atom is -0.354 e. The molecule has 0 saturated heterocycles.